The first-order valence-electron chi connectivity index (χ1n) is 7.12. The molecule has 0 aromatic heterocycles. The van der Waals surface area contributed by atoms with Gasteiger partial charge in [0.05, 0.1) is 0 Å². The summed E-state index contributed by atoms with van der Waals surface area (Å²) in [6, 6.07) is 0.591. The van der Waals surface area contributed by atoms with E-state index in [2.05, 4.69) is 4.90 Å². The number of nitrogens with zero attached hydrogens (tertiary/aromatic N) is 2. The van der Waals surface area contributed by atoms with Crippen molar-refractivity contribution in [2.24, 2.45) is 5.92 Å². The number of amides is 2. The van der Waals surface area contributed by atoms with E-state index in [1.807, 2.05) is 0 Å². The van der Waals surface area contributed by atoms with Crippen molar-refractivity contribution in [3.05, 3.63) is 0 Å². The lowest BCUT2D eigenvalue weighted by Gasteiger charge is -2.45. The van der Waals surface area contributed by atoms with Crippen molar-refractivity contribution in [3.8, 4) is 0 Å². The van der Waals surface area contributed by atoms with E-state index in [1.165, 1.54) is 57.5 Å². The van der Waals surface area contributed by atoms with Crippen LogP contribution in [0.4, 0.5) is 0 Å². The maximum Gasteiger partial charge on any atom is 0.226 e. The highest BCUT2D eigenvalue weighted by molar-refractivity contribution is 5.92. The summed E-state index contributed by atoms with van der Waals surface area (Å²) in [7, 11) is 0. The first-order valence-corrected chi connectivity index (χ1v) is 7.12. The largest absolute Gasteiger partial charge is 0.300 e. The van der Waals surface area contributed by atoms with Gasteiger partial charge in [0.25, 0.3) is 0 Å². The Morgan fingerprint density at radius 1 is 1.06 bits per heavy atom. The molecule has 2 aliphatic rings. The smallest absolute Gasteiger partial charge is 0.226 e. The minimum atomic E-state index is -0.115. The average molecular weight is 252 g/mol. The number of piperidine rings is 2. The molecule has 0 spiro atoms. The van der Waals surface area contributed by atoms with Crippen LogP contribution in [-0.2, 0) is 9.59 Å². The quantitative estimate of drug-likeness (QED) is 0.750. The van der Waals surface area contributed by atoms with Gasteiger partial charge in [0.15, 0.2) is 0 Å². The van der Waals surface area contributed by atoms with Crippen LogP contribution in [0.15, 0.2) is 0 Å². The molecular formula is C14H24N2O2. The zero-order valence-corrected chi connectivity index (χ0v) is 11.5. The van der Waals surface area contributed by atoms with E-state index in [0.29, 0.717) is 18.5 Å². The fourth-order valence-corrected chi connectivity index (χ4v) is 3.50. The third-order valence-corrected chi connectivity index (χ3v) is 4.41. The Balaban J connectivity index is 2.02. The molecule has 0 aromatic rings. The molecule has 2 atom stereocenters. The molecule has 2 amide bonds. The molecule has 4 heteroatoms. The highest BCUT2D eigenvalue weighted by atomic mass is 16.2. The first-order chi connectivity index (χ1) is 8.59. The fourth-order valence-electron chi connectivity index (χ4n) is 3.50. The first kappa shape index (κ1) is 13.5. The normalized spacial score (nSPS) is 28.6. The SMILES string of the molecule is CC(=O)N(C[C@H]1CCCN2CCCC[C@H]12)C(C)=O. The standard InChI is InChI=1S/C14H24N2O2/c1-11(17)16(12(2)18)10-13-6-5-9-15-8-4-3-7-14(13)15/h13-14H,3-10H2,1-2H3/t13-,14-/m1/s1. The Kier molecular flexibility index (Phi) is 4.38. The van der Waals surface area contributed by atoms with Crippen LogP contribution in [-0.4, -0.2) is 47.3 Å². The summed E-state index contributed by atoms with van der Waals surface area (Å²) in [5.41, 5.74) is 0. The monoisotopic (exact) mass is 252 g/mol. The summed E-state index contributed by atoms with van der Waals surface area (Å²) >= 11 is 0. The lowest BCUT2D eigenvalue weighted by molar-refractivity contribution is -0.143. The van der Waals surface area contributed by atoms with Gasteiger partial charge in [-0.15, -0.1) is 0 Å². The van der Waals surface area contributed by atoms with E-state index in [4.69, 9.17) is 0 Å². The van der Waals surface area contributed by atoms with E-state index in [0.717, 1.165) is 6.42 Å². The molecule has 4 nitrogen and oxygen atoms in total. The van der Waals surface area contributed by atoms with Crippen LogP contribution in [0.5, 0.6) is 0 Å². The molecule has 0 aromatic carbocycles. The average Bonchev–Trinajstić information content (AvgIpc) is 2.35. The number of carbonyl (C=O) groups excluding carboxylic acids is 2. The van der Waals surface area contributed by atoms with Crippen molar-refractivity contribution in [2.75, 3.05) is 19.6 Å². The molecule has 0 bridgehead atoms. The van der Waals surface area contributed by atoms with Crippen molar-refractivity contribution >= 4 is 11.8 Å². The van der Waals surface area contributed by atoms with Gasteiger partial charge in [-0.05, 0) is 44.7 Å². The number of hydrogen-bond donors (Lipinski definition) is 0. The number of fused-ring (bicyclic) bond motifs is 1. The Morgan fingerprint density at radius 2 is 1.72 bits per heavy atom. The van der Waals surface area contributed by atoms with Crippen LogP contribution in [0.3, 0.4) is 0 Å². The van der Waals surface area contributed by atoms with Gasteiger partial charge >= 0.3 is 0 Å². The lowest BCUT2D eigenvalue weighted by atomic mass is 9.83. The molecule has 0 N–H and O–H groups in total. The highest BCUT2D eigenvalue weighted by Crippen LogP contribution is 2.31. The van der Waals surface area contributed by atoms with Crippen molar-refractivity contribution in [1.29, 1.82) is 0 Å². The number of hydrogen-bond acceptors (Lipinski definition) is 3. The highest BCUT2D eigenvalue weighted by Gasteiger charge is 2.34. The van der Waals surface area contributed by atoms with Crippen molar-refractivity contribution in [2.45, 2.75) is 52.0 Å². The maximum absolute atomic E-state index is 11.5. The summed E-state index contributed by atoms with van der Waals surface area (Å²) < 4.78 is 0. The fraction of sp³-hybridized carbons (Fsp3) is 0.857. The molecule has 2 saturated heterocycles. The van der Waals surface area contributed by atoms with E-state index >= 15 is 0 Å². The summed E-state index contributed by atoms with van der Waals surface area (Å²) in [6.45, 7) is 5.99. The second-order valence-electron chi connectivity index (χ2n) is 5.65. The van der Waals surface area contributed by atoms with Crippen molar-refractivity contribution < 1.29 is 9.59 Å². The second-order valence-corrected chi connectivity index (χ2v) is 5.65. The summed E-state index contributed by atoms with van der Waals surface area (Å²) in [6.07, 6.45) is 6.17. The Bertz CT molecular complexity index is 314. The van der Waals surface area contributed by atoms with Crippen LogP contribution in [0.25, 0.3) is 0 Å². The van der Waals surface area contributed by atoms with Gasteiger partial charge in [-0.3, -0.25) is 14.5 Å². The van der Waals surface area contributed by atoms with Crippen molar-refractivity contribution in [3.63, 3.8) is 0 Å². The summed E-state index contributed by atoms with van der Waals surface area (Å²) in [5.74, 6) is 0.248. The van der Waals surface area contributed by atoms with Crippen LogP contribution >= 0.6 is 0 Å². The number of carbonyl (C=O) groups is 2. The molecule has 0 aliphatic carbocycles. The van der Waals surface area contributed by atoms with Crippen LogP contribution in [0.2, 0.25) is 0 Å². The van der Waals surface area contributed by atoms with Gasteiger partial charge in [0, 0.05) is 26.4 Å². The topological polar surface area (TPSA) is 40.6 Å². The third-order valence-electron chi connectivity index (χ3n) is 4.41. The number of imide groups is 1. The third kappa shape index (κ3) is 2.91. The molecule has 102 valence electrons. The van der Waals surface area contributed by atoms with E-state index in [9.17, 15) is 9.59 Å². The zero-order chi connectivity index (χ0) is 13.1. The maximum atomic E-state index is 11.5. The zero-order valence-electron chi connectivity index (χ0n) is 11.5. The van der Waals surface area contributed by atoms with Gasteiger partial charge in [-0.25, -0.2) is 0 Å². The molecule has 0 unspecified atom stereocenters. The van der Waals surface area contributed by atoms with Crippen molar-refractivity contribution in [1.82, 2.24) is 9.80 Å². The molecule has 2 rings (SSSR count). The second kappa shape index (κ2) is 5.83. The summed E-state index contributed by atoms with van der Waals surface area (Å²) in [4.78, 5) is 27.0. The predicted molar refractivity (Wildman–Crippen MR) is 70.0 cm³/mol. The van der Waals surface area contributed by atoms with E-state index < -0.39 is 0 Å². The predicted octanol–water partition coefficient (Wildman–Crippen LogP) is 1.65. The Labute approximate surface area is 109 Å². The van der Waals surface area contributed by atoms with Gasteiger partial charge in [-0.1, -0.05) is 6.42 Å². The molecule has 18 heavy (non-hydrogen) atoms. The summed E-state index contributed by atoms with van der Waals surface area (Å²) in [5, 5.41) is 0. The minimum Gasteiger partial charge on any atom is -0.300 e. The molecule has 2 fully saturated rings. The van der Waals surface area contributed by atoms with Crippen LogP contribution in [0.1, 0.15) is 46.0 Å². The molecular weight excluding hydrogens is 228 g/mol. The van der Waals surface area contributed by atoms with E-state index in [1.54, 1.807) is 0 Å². The van der Waals surface area contributed by atoms with Gasteiger partial charge in [0.2, 0.25) is 11.8 Å². The Morgan fingerprint density at radius 3 is 2.39 bits per heavy atom. The number of rotatable bonds is 2. The van der Waals surface area contributed by atoms with Gasteiger partial charge in [-0.2, -0.15) is 0 Å². The molecule has 0 saturated carbocycles. The molecule has 2 heterocycles. The van der Waals surface area contributed by atoms with Gasteiger partial charge in [0.1, 0.15) is 0 Å². The van der Waals surface area contributed by atoms with E-state index in [-0.39, 0.29) is 11.8 Å². The molecule has 2 aliphatic heterocycles. The van der Waals surface area contributed by atoms with Crippen LogP contribution in [0, 0.1) is 5.92 Å². The van der Waals surface area contributed by atoms with Gasteiger partial charge < -0.3 is 4.90 Å². The lowest BCUT2D eigenvalue weighted by Crippen LogP contribution is -2.52. The Hall–Kier alpha value is -0.900. The van der Waals surface area contributed by atoms with Crippen LogP contribution < -0.4 is 0 Å². The minimum absolute atomic E-state index is 0.115. The molecule has 0 radical (unpaired) electrons.